The van der Waals surface area contributed by atoms with Crippen LogP contribution in [0.4, 0.5) is 0 Å². The molecule has 0 aromatic heterocycles. The Morgan fingerprint density at radius 3 is 1.02 bits per heavy atom. The van der Waals surface area contributed by atoms with Gasteiger partial charge in [0.2, 0.25) is 0 Å². The minimum atomic E-state index is -0.782. The molecule has 6 nitrogen and oxygen atoms in total. The second-order valence-electron chi connectivity index (χ2n) is 17.4. The van der Waals surface area contributed by atoms with Crippen molar-refractivity contribution < 1.29 is 28.6 Å². The van der Waals surface area contributed by atoms with E-state index in [-0.39, 0.29) is 31.1 Å². The average Bonchev–Trinajstić information content (AvgIpc) is 3.26. The molecule has 0 heterocycles. The number of carbonyl (C=O) groups is 3. The monoisotopic (exact) mass is 855 g/mol. The molecule has 0 unspecified atom stereocenters. The summed E-state index contributed by atoms with van der Waals surface area (Å²) in [6, 6.07) is 0. The minimum absolute atomic E-state index is 0.0828. The Kier molecular flexibility index (Phi) is 47.9. The molecule has 0 aromatic carbocycles. The summed E-state index contributed by atoms with van der Waals surface area (Å²) in [7, 11) is 0. The summed E-state index contributed by atoms with van der Waals surface area (Å²) in [4.78, 5) is 37.9. The van der Waals surface area contributed by atoms with Gasteiger partial charge >= 0.3 is 17.9 Å². The molecule has 0 aliphatic rings. The van der Waals surface area contributed by atoms with Crippen LogP contribution in [-0.4, -0.2) is 37.2 Å². The zero-order valence-electron chi connectivity index (χ0n) is 40.4. The molecule has 354 valence electrons. The molecule has 0 saturated heterocycles. The Hall–Kier alpha value is -2.63. The Balaban J connectivity index is 4.39. The lowest BCUT2D eigenvalue weighted by atomic mass is 10.0. The van der Waals surface area contributed by atoms with Crippen molar-refractivity contribution in [2.24, 2.45) is 0 Å². The van der Waals surface area contributed by atoms with E-state index < -0.39 is 6.10 Å². The zero-order valence-corrected chi connectivity index (χ0v) is 40.4. The van der Waals surface area contributed by atoms with Crippen LogP contribution in [0.5, 0.6) is 0 Å². The van der Waals surface area contributed by atoms with Crippen LogP contribution in [-0.2, 0) is 28.6 Å². The van der Waals surface area contributed by atoms with E-state index in [4.69, 9.17) is 14.2 Å². The number of ether oxygens (including phenoxy) is 3. The first-order valence-electron chi connectivity index (χ1n) is 26.1. The molecule has 0 radical (unpaired) electrons. The SMILES string of the molecule is CCCC/C=C\CCCCCCCC(=O)OC[C@H](COC(=O)CCCCCC/C=C\C/C=C\C/C=C\CCCCC)OC(=O)CCCCCCCCCCCCCCCCC. The lowest BCUT2D eigenvalue weighted by Crippen LogP contribution is -2.30. The van der Waals surface area contributed by atoms with Crippen molar-refractivity contribution in [2.45, 2.75) is 271 Å². The Bertz CT molecular complexity index is 1070. The molecule has 0 N–H and O–H groups in total. The van der Waals surface area contributed by atoms with Gasteiger partial charge in [0.25, 0.3) is 0 Å². The van der Waals surface area contributed by atoms with Crippen molar-refractivity contribution in [1.82, 2.24) is 0 Å². The highest BCUT2D eigenvalue weighted by Crippen LogP contribution is 2.15. The van der Waals surface area contributed by atoms with Gasteiger partial charge in [-0.2, -0.15) is 0 Å². The van der Waals surface area contributed by atoms with Gasteiger partial charge in [-0.15, -0.1) is 0 Å². The van der Waals surface area contributed by atoms with Crippen LogP contribution < -0.4 is 0 Å². The second-order valence-corrected chi connectivity index (χ2v) is 17.4. The molecule has 6 heteroatoms. The topological polar surface area (TPSA) is 78.9 Å². The summed E-state index contributed by atoms with van der Waals surface area (Å²) in [5, 5.41) is 0. The number of allylic oxidation sites excluding steroid dienone is 8. The molecule has 0 spiro atoms. The fourth-order valence-corrected chi connectivity index (χ4v) is 7.31. The summed E-state index contributed by atoms with van der Waals surface area (Å²) in [6.07, 6.45) is 59.5. The van der Waals surface area contributed by atoms with Gasteiger partial charge in [-0.05, 0) is 77.0 Å². The van der Waals surface area contributed by atoms with Gasteiger partial charge in [0.15, 0.2) is 6.10 Å². The van der Waals surface area contributed by atoms with Crippen LogP contribution in [0.3, 0.4) is 0 Å². The summed E-state index contributed by atoms with van der Waals surface area (Å²) in [6.45, 7) is 6.56. The number of hydrogen-bond acceptors (Lipinski definition) is 6. The molecule has 0 bridgehead atoms. The Morgan fingerprint density at radius 1 is 0.328 bits per heavy atom. The number of carbonyl (C=O) groups excluding carboxylic acids is 3. The molecule has 0 fully saturated rings. The van der Waals surface area contributed by atoms with Gasteiger partial charge in [0, 0.05) is 19.3 Å². The van der Waals surface area contributed by atoms with Crippen LogP contribution in [0.1, 0.15) is 265 Å². The fraction of sp³-hybridized carbons (Fsp3) is 0.800. The summed E-state index contributed by atoms with van der Waals surface area (Å²) in [5.41, 5.74) is 0. The molecule has 0 saturated carbocycles. The highest BCUT2D eigenvalue weighted by atomic mass is 16.6. The maximum absolute atomic E-state index is 12.8. The first-order valence-corrected chi connectivity index (χ1v) is 26.1. The number of unbranched alkanes of at least 4 members (excludes halogenated alkanes) is 28. The molecule has 0 aliphatic heterocycles. The molecule has 0 amide bonds. The van der Waals surface area contributed by atoms with E-state index in [2.05, 4.69) is 69.4 Å². The smallest absolute Gasteiger partial charge is 0.306 e. The molecule has 61 heavy (non-hydrogen) atoms. The Labute approximate surface area is 378 Å². The van der Waals surface area contributed by atoms with Crippen molar-refractivity contribution in [3.63, 3.8) is 0 Å². The fourth-order valence-electron chi connectivity index (χ4n) is 7.31. The molecule has 0 aliphatic carbocycles. The van der Waals surface area contributed by atoms with Gasteiger partial charge in [-0.3, -0.25) is 14.4 Å². The van der Waals surface area contributed by atoms with Crippen molar-refractivity contribution in [3.8, 4) is 0 Å². The van der Waals surface area contributed by atoms with Crippen LogP contribution in [0.15, 0.2) is 48.6 Å². The van der Waals surface area contributed by atoms with Crippen molar-refractivity contribution in [1.29, 1.82) is 0 Å². The van der Waals surface area contributed by atoms with E-state index in [0.29, 0.717) is 19.3 Å². The molecular weight excluding hydrogens is 757 g/mol. The molecule has 1 atom stereocenters. The van der Waals surface area contributed by atoms with E-state index in [1.807, 2.05) is 0 Å². The van der Waals surface area contributed by atoms with E-state index in [1.54, 1.807) is 0 Å². The second kappa shape index (κ2) is 50.0. The third kappa shape index (κ3) is 48.3. The van der Waals surface area contributed by atoms with E-state index in [0.717, 1.165) is 89.9 Å². The Morgan fingerprint density at radius 2 is 0.607 bits per heavy atom. The van der Waals surface area contributed by atoms with Crippen LogP contribution in [0.25, 0.3) is 0 Å². The first-order chi connectivity index (χ1) is 30.0. The molecule has 0 rings (SSSR count). The largest absolute Gasteiger partial charge is 0.462 e. The van der Waals surface area contributed by atoms with Crippen molar-refractivity contribution >= 4 is 17.9 Å². The van der Waals surface area contributed by atoms with E-state index in [1.165, 1.54) is 135 Å². The molecule has 0 aromatic rings. The third-order valence-electron chi connectivity index (χ3n) is 11.3. The number of hydrogen-bond donors (Lipinski definition) is 0. The summed E-state index contributed by atoms with van der Waals surface area (Å²) < 4.78 is 16.8. The van der Waals surface area contributed by atoms with Crippen molar-refractivity contribution in [2.75, 3.05) is 13.2 Å². The lowest BCUT2D eigenvalue weighted by molar-refractivity contribution is -0.167. The predicted molar refractivity (Wildman–Crippen MR) is 261 cm³/mol. The first kappa shape index (κ1) is 58.4. The molecular formula is C55H98O6. The quantitative estimate of drug-likeness (QED) is 0.0263. The average molecular weight is 855 g/mol. The summed E-state index contributed by atoms with van der Waals surface area (Å²) >= 11 is 0. The maximum Gasteiger partial charge on any atom is 0.306 e. The minimum Gasteiger partial charge on any atom is -0.462 e. The van der Waals surface area contributed by atoms with Gasteiger partial charge in [-0.25, -0.2) is 0 Å². The zero-order chi connectivity index (χ0) is 44.4. The lowest BCUT2D eigenvalue weighted by Gasteiger charge is -2.18. The van der Waals surface area contributed by atoms with Gasteiger partial charge in [-0.1, -0.05) is 217 Å². The normalized spacial score (nSPS) is 12.4. The van der Waals surface area contributed by atoms with Crippen LogP contribution in [0, 0.1) is 0 Å². The van der Waals surface area contributed by atoms with Gasteiger partial charge in [0.1, 0.15) is 13.2 Å². The summed E-state index contributed by atoms with van der Waals surface area (Å²) in [5.74, 6) is -0.906. The van der Waals surface area contributed by atoms with E-state index >= 15 is 0 Å². The van der Waals surface area contributed by atoms with Gasteiger partial charge < -0.3 is 14.2 Å². The predicted octanol–water partition coefficient (Wildman–Crippen LogP) is 17.1. The van der Waals surface area contributed by atoms with Crippen LogP contribution >= 0.6 is 0 Å². The maximum atomic E-state index is 12.8. The standard InChI is InChI=1S/C55H98O6/c1-4-7-10-13-16-19-22-24-26-27-29-30-33-36-39-42-45-48-54(57)60-51-52(50-59-53(56)47-44-41-38-35-32-21-18-15-12-9-6-3)61-55(58)49-46-43-40-37-34-31-28-25-23-20-17-14-11-8-5-2/h15-16,18-19,24,26,29-30,52H,4-14,17,20-23,25,27-28,31-51H2,1-3H3/b18-15-,19-16-,26-24-,30-29-/t52-/m1/s1. The van der Waals surface area contributed by atoms with Crippen molar-refractivity contribution in [3.05, 3.63) is 48.6 Å². The van der Waals surface area contributed by atoms with Gasteiger partial charge in [0.05, 0.1) is 0 Å². The highest BCUT2D eigenvalue weighted by Gasteiger charge is 2.19. The highest BCUT2D eigenvalue weighted by molar-refractivity contribution is 5.71. The third-order valence-corrected chi connectivity index (χ3v) is 11.3. The van der Waals surface area contributed by atoms with E-state index in [9.17, 15) is 14.4 Å². The van der Waals surface area contributed by atoms with Crippen LogP contribution in [0.2, 0.25) is 0 Å². The number of esters is 3. The number of rotatable bonds is 47.